The van der Waals surface area contributed by atoms with Crippen molar-refractivity contribution in [2.45, 2.75) is 37.6 Å². The minimum atomic E-state index is 0.376. The van der Waals surface area contributed by atoms with Crippen molar-refractivity contribution in [3.05, 3.63) is 11.4 Å². The molecule has 1 saturated carbocycles. The van der Waals surface area contributed by atoms with Gasteiger partial charge in [-0.3, -0.25) is 4.68 Å². The normalized spacial score (nSPS) is 26.0. The van der Waals surface area contributed by atoms with Crippen molar-refractivity contribution in [2.75, 3.05) is 0 Å². The van der Waals surface area contributed by atoms with E-state index >= 15 is 0 Å². The van der Waals surface area contributed by atoms with Gasteiger partial charge in [-0.15, -0.1) is 0 Å². The number of hydrogen-bond donors (Lipinski definition) is 0. The van der Waals surface area contributed by atoms with Crippen molar-refractivity contribution >= 4 is 15.9 Å². The monoisotopic (exact) mass is 258 g/mol. The zero-order chi connectivity index (χ0) is 10.3. The van der Waals surface area contributed by atoms with Crippen molar-refractivity contribution in [3.8, 4) is 5.75 Å². The molecule has 3 nitrogen and oxygen atoms in total. The molecule has 1 aliphatic carbocycles. The smallest absolute Gasteiger partial charge is 0.163 e. The summed E-state index contributed by atoms with van der Waals surface area (Å²) in [6.07, 6.45) is 2.59. The number of halogens is 1. The molecular weight excluding hydrogens is 244 g/mol. The first-order valence-electron chi connectivity index (χ1n) is 4.89. The van der Waals surface area contributed by atoms with E-state index in [1.165, 1.54) is 0 Å². The van der Waals surface area contributed by atoms with E-state index in [0.717, 1.165) is 30.0 Å². The maximum absolute atomic E-state index is 5.89. The van der Waals surface area contributed by atoms with Crippen molar-refractivity contribution < 1.29 is 4.74 Å². The Labute approximate surface area is 92.6 Å². The molecule has 1 heterocycles. The van der Waals surface area contributed by atoms with Crippen LogP contribution in [0.2, 0.25) is 0 Å². The van der Waals surface area contributed by atoms with E-state index in [4.69, 9.17) is 4.74 Å². The summed E-state index contributed by atoms with van der Waals surface area (Å²) in [6.45, 7) is 4.03. The van der Waals surface area contributed by atoms with Crippen LogP contribution in [0.4, 0.5) is 0 Å². The molecule has 0 atom stereocenters. The van der Waals surface area contributed by atoms with Crippen molar-refractivity contribution in [1.29, 1.82) is 0 Å². The summed E-state index contributed by atoms with van der Waals surface area (Å²) in [7, 11) is 1.95. The molecule has 2 rings (SSSR count). The van der Waals surface area contributed by atoms with Crippen LogP contribution in [0.1, 0.15) is 24.2 Å². The third-order valence-corrected chi connectivity index (χ3v) is 3.51. The SMILES string of the molecule is Cc1nn(C)c(C)c1OC1CC(Br)C1. The number of aryl methyl sites for hydroxylation is 2. The summed E-state index contributed by atoms with van der Waals surface area (Å²) in [6, 6.07) is 0. The highest BCUT2D eigenvalue weighted by Crippen LogP contribution is 2.33. The van der Waals surface area contributed by atoms with E-state index in [-0.39, 0.29) is 0 Å². The lowest BCUT2D eigenvalue weighted by atomic mass is 9.96. The highest BCUT2D eigenvalue weighted by molar-refractivity contribution is 9.09. The molecule has 14 heavy (non-hydrogen) atoms. The van der Waals surface area contributed by atoms with E-state index in [0.29, 0.717) is 10.9 Å². The predicted octanol–water partition coefficient (Wildman–Crippen LogP) is 2.34. The topological polar surface area (TPSA) is 27.1 Å². The van der Waals surface area contributed by atoms with Gasteiger partial charge in [-0.2, -0.15) is 5.10 Å². The Kier molecular flexibility index (Phi) is 2.56. The van der Waals surface area contributed by atoms with Gasteiger partial charge in [-0.05, 0) is 26.7 Å². The Morgan fingerprint density at radius 3 is 2.50 bits per heavy atom. The largest absolute Gasteiger partial charge is 0.486 e. The predicted molar refractivity (Wildman–Crippen MR) is 59.0 cm³/mol. The molecule has 0 bridgehead atoms. The lowest BCUT2D eigenvalue weighted by Crippen LogP contribution is -2.34. The first-order valence-corrected chi connectivity index (χ1v) is 5.80. The van der Waals surface area contributed by atoms with Gasteiger partial charge in [-0.1, -0.05) is 15.9 Å². The average molecular weight is 259 g/mol. The van der Waals surface area contributed by atoms with Gasteiger partial charge in [0.2, 0.25) is 0 Å². The number of aromatic nitrogens is 2. The lowest BCUT2D eigenvalue weighted by molar-refractivity contribution is 0.126. The molecule has 1 aliphatic rings. The van der Waals surface area contributed by atoms with Gasteiger partial charge in [0.05, 0.1) is 5.69 Å². The van der Waals surface area contributed by atoms with E-state index < -0.39 is 0 Å². The van der Waals surface area contributed by atoms with E-state index in [1.807, 2.05) is 25.6 Å². The van der Waals surface area contributed by atoms with Crippen LogP contribution in [0, 0.1) is 13.8 Å². The summed E-state index contributed by atoms with van der Waals surface area (Å²) in [5.41, 5.74) is 2.10. The van der Waals surface area contributed by atoms with Crippen LogP contribution in [-0.4, -0.2) is 20.7 Å². The summed E-state index contributed by atoms with van der Waals surface area (Å²) >= 11 is 3.56. The van der Waals surface area contributed by atoms with Gasteiger partial charge in [0.15, 0.2) is 5.75 Å². The second kappa shape index (κ2) is 3.57. The van der Waals surface area contributed by atoms with Crippen molar-refractivity contribution in [3.63, 3.8) is 0 Å². The molecule has 1 aromatic rings. The number of rotatable bonds is 2. The van der Waals surface area contributed by atoms with Gasteiger partial charge in [0.1, 0.15) is 11.8 Å². The molecule has 0 spiro atoms. The van der Waals surface area contributed by atoms with Crippen molar-refractivity contribution in [2.24, 2.45) is 7.05 Å². The second-order valence-corrected chi connectivity index (χ2v) is 5.23. The lowest BCUT2D eigenvalue weighted by Gasteiger charge is -2.31. The molecule has 78 valence electrons. The van der Waals surface area contributed by atoms with Crippen LogP contribution in [0.25, 0.3) is 0 Å². The van der Waals surface area contributed by atoms with Crippen LogP contribution >= 0.6 is 15.9 Å². The zero-order valence-electron chi connectivity index (χ0n) is 8.75. The minimum absolute atomic E-state index is 0.376. The van der Waals surface area contributed by atoms with Crippen molar-refractivity contribution in [1.82, 2.24) is 9.78 Å². The summed E-state index contributed by atoms with van der Waals surface area (Å²) in [4.78, 5) is 0.643. The standard InChI is InChI=1S/C10H15BrN2O/c1-6-10(7(2)13(3)12-6)14-9-4-8(11)5-9/h8-9H,4-5H2,1-3H3. The Balaban J connectivity index is 2.09. The Morgan fingerprint density at radius 1 is 1.43 bits per heavy atom. The number of nitrogens with zero attached hydrogens (tertiary/aromatic N) is 2. The van der Waals surface area contributed by atoms with Crippen LogP contribution in [-0.2, 0) is 7.05 Å². The average Bonchev–Trinajstić information content (AvgIpc) is 2.29. The summed E-state index contributed by atoms with van der Waals surface area (Å²) < 4.78 is 7.76. The fourth-order valence-electron chi connectivity index (χ4n) is 1.69. The molecule has 0 aromatic carbocycles. The first kappa shape index (κ1) is 10.0. The summed E-state index contributed by atoms with van der Waals surface area (Å²) in [5, 5.41) is 4.32. The van der Waals surface area contributed by atoms with Gasteiger partial charge >= 0.3 is 0 Å². The molecule has 0 amide bonds. The van der Waals surface area contributed by atoms with Crippen LogP contribution < -0.4 is 4.74 Å². The minimum Gasteiger partial charge on any atom is -0.486 e. The van der Waals surface area contributed by atoms with Gasteiger partial charge < -0.3 is 4.74 Å². The molecule has 0 unspecified atom stereocenters. The molecule has 1 fully saturated rings. The van der Waals surface area contributed by atoms with Crippen LogP contribution in [0.15, 0.2) is 0 Å². The second-order valence-electron chi connectivity index (χ2n) is 3.93. The van der Waals surface area contributed by atoms with E-state index in [9.17, 15) is 0 Å². The Hall–Kier alpha value is -0.510. The first-order chi connectivity index (χ1) is 6.58. The maximum Gasteiger partial charge on any atom is 0.163 e. The fourth-order valence-corrected chi connectivity index (χ4v) is 2.52. The molecule has 0 radical (unpaired) electrons. The maximum atomic E-state index is 5.89. The molecule has 0 N–H and O–H groups in total. The van der Waals surface area contributed by atoms with Crippen LogP contribution in [0.3, 0.4) is 0 Å². The summed E-state index contributed by atoms with van der Waals surface area (Å²) in [5.74, 6) is 0.969. The van der Waals surface area contributed by atoms with Gasteiger partial charge in [0.25, 0.3) is 0 Å². The van der Waals surface area contributed by atoms with E-state index in [1.54, 1.807) is 0 Å². The number of ether oxygens (including phenoxy) is 1. The quantitative estimate of drug-likeness (QED) is 0.762. The Bertz CT molecular complexity index is 342. The molecule has 0 aliphatic heterocycles. The van der Waals surface area contributed by atoms with Gasteiger partial charge in [0, 0.05) is 11.9 Å². The third kappa shape index (κ3) is 1.67. The number of hydrogen-bond acceptors (Lipinski definition) is 2. The molecule has 1 aromatic heterocycles. The van der Waals surface area contributed by atoms with Crippen LogP contribution in [0.5, 0.6) is 5.75 Å². The highest BCUT2D eigenvalue weighted by Gasteiger charge is 2.30. The van der Waals surface area contributed by atoms with Gasteiger partial charge in [-0.25, -0.2) is 0 Å². The molecular formula is C10H15BrN2O. The zero-order valence-corrected chi connectivity index (χ0v) is 10.3. The molecule has 0 saturated heterocycles. The number of alkyl halides is 1. The third-order valence-electron chi connectivity index (χ3n) is 2.76. The Morgan fingerprint density at radius 2 is 2.07 bits per heavy atom. The highest BCUT2D eigenvalue weighted by atomic mass is 79.9. The fraction of sp³-hybridized carbons (Fsp3) is 0.700. The van der Waals surface area contributed by atoms with E-state index in [2.05, 4.69) is 21.0 Å². The molecule has 4 heteroatoms.